The van der Waals surface area contributed by atoms with Gasteiger partial charge in [-0.1, -0.05) is 36.4 Å². The van der Waals surface area contributed by atoms with Crippen LogP contribution in [0.2, 0.25) is 0 Å². The van der Waals surface area contributed by atoms with Crippen molar-refractivity contribution >= 4 is 17.7 Å². The Morgan fingerprint density at radius 2 is 1.75 bits per heavy atom. The molecule has 1 fully saturated rings. The molecule has 0 radical (unpaired) electrons. The number of benzene rings is 2. The van der Waals surface area contributed by atoms with Crippen LogP contribution in [0.4, 0.5) is 10.5 Å². The zero-order valence-electron chi connectivity index (χ0n) is 15.8. The standard InChI is InChI=1S/C22H26N2O4/c25-21(26)17-9-11-18(12-10-17)23-22(27)24-19-7-4-8-20(15-19)28-14-13-16-5-2-1-3-6-16/h1-8,15,17-18H,9-14H2,(H,25,26)(H2,23,24,27). The van der Waals surface area contributed by atoms with Gasteiger partial charge in [0.15, 0.2) is 0 Å². The van der Waals surface area contributed by atoms with E-state index in [0.29, 0.717) is 43.7 Å². The second-order valence-electron chi connectivity index (χ2n) is 7.10. The lowest BCUT2D eigenvalue weighted by Crippen LogP contribution is -2.40. The summed E-state index contributed by atoms with van der Waals surface area (Å²) in [5, 5.41) is 14.8. The summed E-state index contributed by atoms with van der Waals surface area (Å²) in [5.74, 6) is -0.325. The van der Waals surface area contributed by atoms with Gasteiger partial charge in [-0.05, 0) is 43.4 Å². The number of carbonyl (C=O) groups excluding carboxylic acids is 1. The molecule has 0 aromatic heterocycles. The molecule has 1 saturated carbocycles. The Kier molecular flexibility index (Phi) is 6.89. The number of hydrogen-bond donors (Lipinski definition) is 3. The average Bonchev–Trinajstić information content (AvgIpc) is 2.69. The van der Waals surface area contributed by atoms with E-state index < -0.39 is 5.97 Å². The lowest BCUT2D eigenvalue weighted by molar-refractivity contribution is -0.142. The van der Waals surface area contributed by atoms with Gasteiger partial charge in [-0.25, -0.2) is 4.79 Å². The van der Waals surface area contributed by atoms with Crippen LogP contribution in [0.3, 0.4) is 0 Å². The third-order valence-electron chi connectivity index (χ3n) is 5.01. The van der Waals surface area contributed by atoms with Gasteiger partial charge in [0, 0.05) is 24.2 Å². The topological polar surface area (TPSA) is 87.7 Å². The van der Waals surface area contributed by atoms with Crippen molar-refractivity contribution in [2.45, 2.75) is 38.1 Å². The first-order chi connectivity index (χ1) is 13.6. The fourth-order valence-electron chi connectivity index (χ4n) is 3.43. The summed E-state index contributed by atoms with van der Waals surface area (Å²) >= 11 is 0. The van der Waals surface area contributed by atoms with Gasteiger partial charge >= 0.3 is 12.0 Å². The lowest BCUT2D eigenvalue weighted by Gasteiger charge is -2.26. The van der Waals surface area contributed by atoms with E-state index in [1.165, 1.54) is 5.56 Å². The van der Waals surface area contributed by atoms with Crippen molar-refractivity contribution in [2.24, 2.45) is 5.92 Å². The van der Waals surface area contributed by atoms with E-state index in [2.05, 4.69) is 22.8 Å². The molecule has 0 bridgehead atoms. The molecular formula is C22H26N2O4. The number of rotatable bonds is 7. The van der Waals surface area contributed by atoms with Crippen LogP contribution in [0.5, 0.6) is 5.75 Å². The lowest BCUT2D eigenvalue weighted by atomic mass is 9.86. The van der Waals surface area contributed by atoms with Crippen molar-refractivity contribution < 1.29 is 19.4 Å². The van der Waals surface area contributed by atoms with Crippen LogP contribution in [0.1, 0.15) is 31.2 Å². The highest BCUT2D eigenvalue weighted by Gasteiger charge is 2.26. The molecule has 6 nitrogen and oxygen atoms in total. The number of urea groups is 1. The Labute approximate surface area is 164 Å². The third kappa shape index (κ3) is 6.01. The van der Waals surface area contributed by atoms with Gasteiger partial charge in [-0.15, -0.1) is 0 Å². The van der Waals surface area contributed by atoms with Crippen molar-refractivity contribution in [3.8, 4) is 5.75 Å². The Hall–Kier alpha value is -3.02. The van der Waals surface area contributed by atoms with Crippen molar-refractivity contribution in [3.63, 3.8) is 0 Å². The second kappa shape index (κ2) is 9.78. The number of aliphatic carboxylic acids is 1. The SMILES string of the molecule is O=C(Nc1cccc(OCCc2ccccc2)c1)NC1CCC(C(=O)O)CC1. The van der Waals surface area contributed by atoms with Gasteiger partial charge in [-0.2, -0.15) is 0 Å². The van der Waals surface area contributed by atoms with Crippen molar-refractivity contribution in [1.29, 1.82) is 0 Å². The summed E-state index contributed by atoms with van der Waals surface area (Å²) in [5.41, 5.74) is 1.88. The number of hydrogen-bond acceptors (Lipinski definition) is 3. The van der Waals surface area contributed by atoms with E-state index in [0.717, 1.165) is 6.42 Å². The van der Waals surface area contributed by atoms with Gasteiger partial charge in [0.2, 0.25) is 0 Å². The smallest absolute Gasteiger partial charge is 0.319 e. The van der Waals surface area contributed by atoms with Gasteiger partial charge < -0.3 is 20.5 Å². The maximum atomic E-state index is 12.2. The summed E-state index contributed by atoms with van der Waals surface area (Å²) in [6, 6.07) is 17.2. The largest absolute Gasteiger partial charge is 0.493 e. The van der Waals surface area contributed by atoms with Crippen LogP contribution < -0.4 is 15.4 Å². The molecular weight excluding hydrogens is 356 g/mol. The van der Waals surface area contributed by atoms with E-state index in [1.54, 1.807) is 6.07 Å². The molecule has 28 heavy (non-hydrogen) atoms. The van der Waals surface area contributed by atoms with Gasteiger partial charge in [0.25, 0.3) is 0 Å². The Morgan fingerprint density at radius 1 is 1.00 bits per heavy atom. The predicted molar refractivity (Wildman–Crippen MR) is 108 cm³/mol. The molecule has 3 N–H and O–H groups in total. The normalized spacial score (nSPS) is 18.9. The van der Waals surface area contributed by atoms with Gasteiger partial charge in [-0.3, -0.25) is 4.79 Å². The summed E-state index contributed by atoms with van der Waals surface area (Å²) < 4.78 is 5.79. The van der Waals surface area contributed by atoms with Crippen LogP contribution in [-0.2, 0) is 11.2 Å². The van der Waals surface area contributed by atoms with E-state index in [9.17, 15) is 9.59 Å². The van der Waals surface area contributed by atoms with Gasteiger partial charge in [0.05, 0.1) is 12.5 Å². The zero-order valence-corrected chi connectivity index (χ0v) is 15.8. The van der Waals surface area contributed by atoms with Crippen LogP contribution >= 0.6 is 0 Å². The third-order valence-corrected chi connectivity index (χ3v) is 5.01. The molecule has 0 aliphatic heterocycles. The predicted octanol–water partition coefficient (Wildman–Crippen LogP) is 4.07. The molecule has 6 heteroatoms. The Morgan fingerprint density at radius 3 is 2.46 bits per heavy atom. The highest BCUT2D eigenvalue weighted by molar-refractivity contribution is 5.89. The minimum absolute atomic E-state index is 0.0147. The molecule has 2 amide bonds. The molecule has 0 spiro atoms. The summed E-state index contributed by atoms with van der Waals surface area (Å²) in [6.07, 6.45) is 3.40. The highest BCUT2D eigenvalue weighted by Crippen LogP contribution is 2.24. The molecule has 1 aliphatic rings. The summed E-state index contributed by atoms with van der Waals surface area (Å²) in [6.45, 7) is 0.562. The van der Waals surface area contributed by atoms with Crippen LogP contribution in [0.15, 0.2) is 54.6 Å². The minimum Gasteiger partial charge on any atom is -0.493 e. The first kappa shape index (κ1) is 19.7. The fourth-order valence-corrected chi connectivity index (χ4v) is 3.43. The van der Waals surface area contributed by atoms with Crippen molar-refractivity contribution in [2.75, 3.05) is 11.9 Å². The van der Waals surface area contributed by atoms with Crippen LogP contribution in [0, 0.1) is 5.92 Å². The molecule has 2 aromatic carbocycles. The fraction of sp³-hybridized carbons (Fsp3) is 0.364. The first-order valence-electron chi connectivity index (χ1n) is 9.67. The molecule has 0 saturated heterocycles. The van der Waals surface area contributed by atoms with E-state index >= 15 is 0 Å². The summed E-state index contributed by atoms with van der Waals surface area (Å²) in [4.78, 5) is 23.2. The number of carboxylic acid groups (broad SMARTS) is 1. The molecule has 3 rings (SSSR count). The Bertz CT molecular complexity index is 786. The van der Waals surface area contributed by atoms with Crippen LogP contribution in [-0.4, -0.2) is 29.8 Å². The number of ether oxygens (including phenoxy) is 1. The number of amides is 2. The first-order valence-corrected chi connectivity index (χ1v) is 9.67. The molecule has 0 atom stereocenters. The molecule has 0 unspecified atom stereocenters. The number of anilines is 1. The molecule has 148 valence electrons. The zero-order chi connectivity index (χ0) is 19.8. The monoisotopic (exact) mass is 382 g/mol. The van der Waals surface area contributed by atoms with Crippen molar-refractivity contribution in [1.82, 2.24) is 5.32 Å². The van der Waals surface area contributed by atoms with E-state index in [1.807, 2.05) is 36.4 Å². The number of carbonyl (C=O) groups is 2. The van der Waals surface area contributed by atoms with Crippen molar-refractivity contribution in [3.05, 3.63) is 60.2 Å². The maximum absolute atomic E-state index is 12.2. The van der Waals surface area contributed by atoms with E-state index in [-0.39, 0.29) is 18.0 Å². The van der Waals surface area contributed by atoms with Gasteiger partial charge in [0.1, 0.15) is 5.75 Å². The summed E-state index contributed by atoms with van der Waals surface area (Å²) in [7, 11) is 0. The number of nitrogens with one attached hydrogen (secondary N) is 2. The second-order valence-corrected chi connectivity index (χ2v) is 7.10. The van der Waals surface area contributed by atoms with E-state index in [4.69, 9.17) is 9.84 Å². The Balaban J connectivity index is 1.43. The maximum Gasteiger partial charge on any atom is 0.319 e. The average molecular weight is 382 g/mol. The molecule has 2 aromatic rings. The highest BCUT2D eigenvalue weighted by atomic mass is 16.5. The quantitative estimate of drug-likeness (QED) is 0.673. The van der Waals surface area contributed by atoms with Crippen LogP contribution in [0.25, 0.3) is 0 Å². The number of carboxylic acids is 1. The molecule has 1 aliphatic carbocycles. The minimum atomic E-state index is -0.744. The molecule has 0 heterocycles.